The van der Waals surface area contributed by atoms with Crippen molar-refractivity contribution in [2.45, 2.75) is 6.61 Å². The first-order valence-electron chi connectivity index (χ1n) is 8.73. The van der Waals surface area contributed by atoms with Gasteiger partial charge in [0, 0.05) is 0 Å². The van der Waals surface area contributed by atoms with Crippen molar-refractivity contribution < 1.29 is 13.9 Å². The second-order valence-electron chi connectivity index (χ2n) is 6.25. The summed E-state index contributed by atoms with van der Waals surface area (Å²) in [6, 6.07) is 16.8. The zero-order valence-corrected chi connectivity index (χ0v) is 18.9. The zero-order chi connectivity index (χ0) is 21.7. The van der Waals surface area contributed by atoms with Gasteiger partial charge in [0.2, 0.25) is 0 Å². The van der Waals surface area contributed by atoms with Crippen LogP contribution in [0.1, 0.15) is 16.7 Å². The molecule has 0 fully saturated rings. The molecular weight excluding hydrogens is 492 g/mol. The molecule has 0 heterocycles. The van der Waals surface area contributed by atoms with Crippen molar-refractivity contribution in [3.63, 3.8) is 0 Å². The fourth-order valence-electron chi connectivity index (χ4n) is 2.75. The number of ether oxygens (including phenoxy) is 2. The molecule has 0 aliphatic heterocycles. The standard InChI is InChI=1S/C23H15BrCl2FNO2/c1-29-22-10-15(7-17(12-28)16-3-2-4-18(27)11-16)8-19(24)23(22)30-13-14-5-6-20(25)21(26)9-14/h2-11H,13H2,1H3/b17-7-. The molecule has 0 N–H and O–H groups in total. The second-order valence-corrected chi connectivity index (χ2v) is 7.92. The lowest BCUT2D eigenvalue weighted by Crippen LogP contribution is -1.99. The molecule has 0 saturated carbocycles. The highest BCUT2D eigenvalue weighted by Gasteiger charge is 2.13. The highest BCUT2D eigenvalue weighted by Crippen LogP contribution is 2.38. The van der Waals surface area contributed by atoms with E-state index in [1.54, 1.807) is 42.5 Å². The van der Waals surface area contributed by atoms with Crippen LogP contribution in [-0.4, -0.2) is 7.11 Å². The molecule has 0 bridgehead atoms. The van der Waals surface area contributed by atoms with E-state index in [0.29, 0.717) is 42.7 Å². The molecule has 0 unspecified atom stereocenters. The number of methoxy groups -OCH3 is 1. The first-order valence-corrected chi connectivity index (χ1v) is 10.3. The molecule has 3 aromatic carbocycles. The molecular formula is C23H15BrCl2FNO2. The summed E-state index contributed by atoms with van der Waals surface area (Å²) in [5.74, 6) is 0.579. The summed E-state index contributed by atoms with van der Waals surface area (Å²) in [6.07, 6.45) is 1.66. The minimum absolute atomic E-state index is 0.258. The number of benzene rings is 3. The summed E-state index contributed by atoms with van der Waals surface area (Å²) in [4.78, 5) is 0. The Kier molecular flexibility index (Phi) is 7.38. The first kappa shape index (κ1) is 22.2. The van der Waals surface area contributed by atoms with E-state index >= 15 is 0 Å². The Morgan fingerprint density at radius 1 is 1.13 bits per heavy atom. The van der Waals surface area contributed by atoms with Crippen LogP contribution >= 0.6 is 39.1 Å². The van der Waals surface area contributed by atoms with Crippen LogP contribution in [0.3, 0.4) is 0 Å². The van der Waals surface area contributed by atoms with Gasteiger partial charge in [-0.1, -0.05) is 41.4 Å². The van der Waals surface area contributed by atoms with Crippen LogP contribution in [-0.2, 0) is 6.61 Å². The average molecular weight is 507 g/mol. The third-order valence-electron chi connectivity index (χ3n) is 4.19. The fraction of sp³-hybridized carbons (Fsp3) is 0.0870. The Bertz CT molecular complexity index is 1160. The number of halogens is 4. The van der Waals surface area contributed by atoms with Gasteiger partial charge >= 0.3 is 0 Å². The van der Waals surface area contributed by atoms with E-state index in [-0.39, 0.29) is 6.61 Å². The first-order chi connectivity index (χ1) is 14.4. The molecule has 0 spiro atoms. The van der Waals surface area contributed by atoms with Crippen molar-refractivity contribution in [3.05, 3.63) is 91.6 Å². The molecule has 0 aliphatic rings. The molecule has 0 radical (unpaired) electrons. The Morgan fingerprint density at radius 2 is 1.93 bits per heavy atom. The largest absolute Gasteiger partial charge is 0.493 e. The van der Waals surface area contributed by atoms with E-state index in [1.807, 2.05) is 6.07 Å². The van der Waals surface area contributed by atoms with E-state index in [4.69, 9.17) is 32.7 Å². The lowest BCUT2D eigenvalue weighted by atomic mass is 10.0. The fourth-order valence-corrected chi connectivity index (χ4v) is 3.65. The van der Waals surface area contributed by atoms with Gasteiger partial charge in [-0.25, -0.2) is 4.39 Å². The van der Waals surface area contributed by atoms with Crippen molar-refractivity contribution >= 4 is 50.8 Å². The summed E-state index contributed by atoms with van der Waals surface area (Å²) < 4.78 is 25.5. The molecule has 0 atom stereocenters. The second kappa shape index (κ2) is 9.99. The van der Waals surface area contributed by atoms with Gasteiger partial charge in [0.15, 0.2) is 11.5 Å². The van der Waals surface area contributed by atoms with E-state index in [2.05, 4.69) is 22.0 Å². The highest BCUT2D eigenvalue weighted by atomic mass is 79.9. The van der Waals surface area contributed by atoms with Gasteiger partial charge in [0.25, 0.3) is 0 Å². The molecule has 0 saturated heterocycles. The minimum atomic E-state index is -0.404. The van der Waals surface area contributed by atoms with E-state index in [1.165, 1.54) is 19.2 Å². The molecule has 7 heteroatoms. The Balaban J connectivity index is 1.89. The predicted octanol–water partition coefficient (Wildman–Crippen LogP) is 7.55. The molecule has 0 aromatic heterocycles. The Morgan fingerprint density at radius 3 is 2.60 bits per heavy atom. The summed E-state index contributed by atoms with van der Waals surface area (Å²) in [7, 11) is 1.53. The van der Waals surface area contributed by atoms with E-state index in [0.717, 1.165) is 5.56 Å². The van der Waals surface area contributed by atoms with Crippen molar-refractivity contribution in [1.82, 2.24) is 0 Å². The zero-order valence-electron chi connectivity index (χ0n) is 15.8. The van der Waals surface area contributed by atoms with Crippen molar-refractivity contribution in [3.8, 4) is 17.6 Å². The molecule has 3 nitrogen and oxygen atoms in total. The lowest BCUT2D eigenvalue weighted by molar-refractivity contribution is 0.282. The molecule has 0 amide bonds. The Hall–Kier alpha value is -2.52. The van der Waals surface area contributed by atoms with Gasteiger partial charge in [0.1, 0.15) is 12.4 Å². The molecule has 3 aromatic rings. The predicted molar refractivity (Wildman–Crippen MR) is 121 cm³/mol. The van der Waals surface area contributed by atoms with Crippen LogP contribution in [0, 0.1) is 17.1 Å². The van der Waals surface area contributed by atoms with Crippen molar-refractivity contribution in [1.29, 1.82) is 5.26 Å². The maximum atomic E-state index is 13.5. The van der Waals surface area contributed by atoms with Crippen LogP contribution < -0.4 is 9.47 Å². The summed E-state index contributed by atoms with van der Waals surface area (Å²) in [6.45, 7) is 0.258. The lowest BCUT2D eigenvalue weighted by Gasteiger charge is -2.14. The van der Waals surface area contributed by atoms with Crippen LogP contribution in [0.5, 0.6) is 11.5 Å². The number of rotatable bonds is 6. The summed E-state index contributed by atoms with van der Waals surface area (Å²) in [5.41, 5.74) is 2.36. The maximum absolute atomic E-state index is 13.5. The van der Waals surface area contributed by atoms with Crippen LogP contribution in [0.4, 0.5) is 4.39 Å². The normalized spacial score (nSPS) is 11.1. The van der Waals surface area contributed by atoms with Gasteiger partial charge in [-0.15, -0.1) is 0 Å². The molecule has 30 heavy (non-hydrogen) atoms. The third-order valence-corrected chi connectivity index (χ3v) is 5.51. The topological polar surface area (TPSA) is 42.2 Å². The third kappa shape index (κ3) is 5.34. The maximum Gasteiger partial charge on any atom is 0.175 e. The monoisotopic (exact) mass is 505 g/mol. The quantitative estimate of drug-likeness (QED) is 0.256. The smallest absolute Gasteiger partial charge is 0.175 e. The van der Waals surface area contributed by atoms with Crippen molar-refractivity contribution in [2.75, 3.05) is 7.11 Å². The number of nitrogens with zero attached hydrogens (tertiary/aromatic N) is 1. The van der Waals surface area contributed by atoms with E-state index in [9.17, 15) is 9.65 Å². The number of hydrogen-bond acceptors (Lipinski definition) is 3. The van der Waals surface area contributed by atoms with E-state index < -0.39 is 5.82 Å². The van der Waals surface area contributed by atoms with Gasteiger partial charge in [-0.2, -0.15) is 5.26 Å². The van der Waals surface area contributed by atoms with Crippen LogP contribution in [0.25, 0.3) is 11.6 Å². The molecule has 0 aliphatic carbocycles. The van der Waals surface area contributed by atoms with Gasteiger partial charge < -0.3 is 9.47 Å². The van der Waals surface area contributed by atoms with Gasteiger partial charge in [0.05, 0.1) is 33.3 Å². The average Bonchev–Trinajstić information content (AvgIpc) is 2.73. The van der Waals surface area contributed by atoms with Crippen LogP contribution in [0.15, 0.2) is 59.1 Å². The van der Waals surface area contributed by atoms with Crippen LogP contribution in [0.2, 0.25) is 10.0 Å². The molecule has 152 valence electrons. The Labute approximate surface area is 192 Å². The number of hydrogen-bond donors (Lipinski definition) is 0. The minimum Gasteiger partial charge on any atom is -0.493 e. The summed E-state index contributed by atoms with van der Waals surface area (Å²) in [5, 5.41) is 10.4. The van der Waals surface area contributed by atoms with Gasteiger partial charge in [-0.05, 0) is 75.1 Å². The SMILES string of the molecule is COc1cc(/C=C(/C#N)c2cccc(F)c2)cc(Br)c1OCc1ccc(Cl)c(Cl)c1. The van der Waals surface area contributed by atoms with Gasteiger partial charge in [-0.3, -0.25) is 0 Å². The number of allylic oxidation sites excluding steroid dienone is 1. The highest BCUT2D eigenvalue weighted by molar-refractivity contribution is 9.10. The number of nitriles is 1. The summed E-state index contributed by atoms with van der Waals surface area (Å²) >= 11 is 15.5. The van der Waals surface area contributed by atoms with Crippen molar-refractivity contribution in [2.24, 2.45) is 0 Å². The molecule has 3 rings (SSSR count).